The Morgan fingerprint density at radius 2 is 2.09 bits per heavy atom. The van der Waals surface area contributed by atoms with Crippen LogP contribution in [0.1, 0.15) is 58.3 Å². The summed E-state index contributed by atoms with van der Waals surface area (Å²) < 4.78 is 0. The van der Waals surface area contributed by atoms with Crippen LogP contribution in [0.25, 0.3) is 0 Å². The van der Waals surface area contributed by atoms with Crippen molar-refractivity contribution in [1.29, 1.82) is 0 Å². The van der Waals surface area contributed by atoms with Crippen molar-refractivity contribution >= 4 is 11.6 Å². The van der Waals surface area contributed by atoms with Crippen LogP contribution in [-0.4, -0.2) is 22.8 Å². The van der Waals surface area contributed by atoms with E-state index in [4.69, 9.17) is 0 Å². The highest BCUT2D eigenvalue weighted by Gasteiger charge is 2.60. The topological polar surface area (TPSA) is 54.4 Å². The molecule has 0 aromatic carbocycles. The predicted molar refractivity (Wildman–Crippen MR) is 83.1 cm³/mol. The van der Waals surface area contributed by atoms with Gasteiger partial charge in [-0.05, 0) is 55.8 Å². The van der Waals surface area contributed by atoms with E-state index in [1.165, 1.54) is 5.57 Å². The maximum absolute atomic E-state index is 12.5. The van der Waals surface area contributed by atoms with Gasteiger partial charge in [0, 0.05) is 24.7 Å². The normalized spacial score (nSPS) is 47.5. The zero-order valence-corrected chi connectivity index (χ0v) is 13.4. The summed E-state index contributed by atoms with van der Waals surface area (Å²) in [7, 11) is 0. The van der Waals surface area contributed by atoms with Gasteiger partial charge in [-0.15, -0.1) is 0 Å². The first-order chi connectivity index (χ1) is 10.6. The molecule has 0 heterocycles. The minimum Gasteiger partial charge on any atom is -0.393 e. The fraction of sp³-hybridized carbons (Fsp3) is 0.789. The van der Waals surface area contributed by atoms with E-state index in [0.717, 1.165) is 25.7 Å². The van der Waals surface area contributed by atoms with Gasteiger partial charge in [-0.25, -0.2) is 0 Å². The average molecular weight is 302 g/mol. The maximum Gasteiger partial charge on any atom is 0.139 e. The van der Waals surface area contributed by atoms with Gasteiger partial charge < -0.3 is 5.11 Å². The molecule has 0 aliphatic heterocycles. The second kappa shape index (κ2) is 5.02. The van der Waals surface area contributed by atoms with Crippen molar-refractivity contribution in [3.8, 4) is 0 Å². The van der Waals surface area contributed by atoms with Gasteiger partial charge in [0.2, 0.25) is 0 Å². The van der Waals surface area contributed by atoms with Crippen LogP contribution >= 0.6 is 0 Å². The van der Waals surface area contributed by atoms with E-state index in [1.54, 1.807) is 0 Å². The minimum atomic E-state index is -0.370. The number of aliphatic hydroxyl groups is 1. The fourth-order valence-electron chi connectivity index (χ4n) is 6.36. The number of fused-ring (bicyclic) bond motifs is 5. The summed E-state index contributed by atoms with van der Waals surface area (Å²) >= 11 is 0. The van der Waals surface area contributed by atoms with Gasteiger partial charge in [0.05, 0.1) is 6.10 Å². The van der Waals surface area contributed by atoms with Gasteiger partial charge in [0.25, 0.3) is 0 Å². The molecule has 0 aromatic rings. The van der Waals surface area contributed by atoms with Crippen molar-refractivity contribution in [2.75, 3.05) is 0 Å². The molecule has 0 radical (unpaired) electrons. The van der Waals surface area contributed by atoms with Gasteiger partial charge in [-0.2, -0.15) is 0 Å². The molecular weight excluding hydrogens is 276 g/mol. The number of aliphatic hydroxyl groups excluding tert-OH is 1. The Morgan fingerprint density at radius 3 is 2.86 bits per heavy atom. The summed E-state index contributed by atoms with van der Waals surface area (Å²) in [6, 6.07) is 0. The summed E-state index contributed by atoms with van der Waals surface area (Å²) in [5.74, 6) is 2.31. The zero-order valence-electron chi connectivity index (χ0n) is 13.4. The molecular formula is C19H26O3. The third kappa shape index (κ3) is 1.84. The molecule has 3 saturated carbocycles. The predicted octanol–water partition coefficient (Wildman–Crippen LogP) is 3.06. The van der Waals surface area contributed by atoms with Crippen molar-refractivity contribution in [3.05, 3.63) is 11.6 Å². The highest BCUT2D eigenvalue weighted by molar-refractivity contribution is 5.87. The quantitative estimate of drug-likeness (QED) is 0.757. The standard InChI is InChI=1S/C19H26O3/c1-2-19-10-16(21)18-13-6-4-12(20)9-11(13)3-5-14(18)15(19)7-8-17(19)22/h3,13-16,18,21H,2,4-10H2,1H3/t13-,14-,15-,16+,18+,19-/m0/s1. The van der Waals surface area contributed by atoms with Crippen molar-refractivity contribution < 1.29 is 14.7 Å². The Kier molecular flexibility index (Phi) is 3.34. The van der Waals surface area contributed by atoms with Gasteiger partial charge in [-0.1, -0.05) is 18.6 Å². The molecule has 4 aliphatic carbocycles. The fourth-order valence-corrected chi connectivity index (χ4v) is 6.36. The van der Waals surface area contributed by atoms with Crippen LogP contribution in [0.2, 0.25) is 0 Å². The van der Waals surface area contributed by atoms with Gasteiger partial charge in [-0.3, -0.25) is 9.59 Å². The van der Waals surface area contributed by atoms with Crippen LogP contribution < -0.4 is 0 Å². The van der Waals surface area contributed by atoms with Gasteiger partial charge in [0.15, 0.2) is 0 Å². The first-order valence-electron chi connectivity index (χ1n) is 8.99. The second-order valence-electron chi connectivity index (χ2n) is 7.97. The number of ketones is 2. The number of hydrogen-bond donors (Lipinski definition) is 1. The first kappa shape index (κ1) is 14.6. The molecule has 0 saturated heterocycles. The Balaban J connectivity index is 1.71. The lowest BCUT2D eigenvalue weighted by molar-refractivity contribution is -0.142. The molecule has 3 heteroatoms. The van der Waals surface area contributed by atoms with Crippen molar-refractivity contribution in [2.45, 2.75) is 64.4 Å². The highest BCUT2D eigenvalue weighted by Crippen LogP contribution is 2.61. The Bertz CT molecular complexity index is 549. The van der Waals surface area contributed by atoms with E-state index in [9.17, 15) is 14.7 Å². The van der Waals surface area contributed by atoms with Crippen molar-refractivity contribution in [1.82, 2.24) is 0 Å². The number of carbonyl (C=O) groups excluding carboxylic acids is 2. The van der Waals surface area contributed by atoms with E-state index in [2.05, 4.69) is 13.0 Å². The van der Waals surface area contributed by atoms with Crippen LogP contribution in [0.4, 0.5) is 0 Å². The molecule has 3 nitrogen and oxygen atoms in total. The van der Waals surface area contributed by atoms with Crippen LogP contribution in [0, 0.1) is 29.1 Å². The number of allylic oxidation sites excluding steroid dienone is 2. The molecule has 22 heavy (non-hydrogen) atoms. The monoisotopic (exact) mass is 302 g/mol. The SMILES string of the molecule is CC[C@]12C[C@@H](O)[C@H]3[C@@H](CC=C4CC(=O)CC[C@@H]43)[C@@H]1CCC2=O. The Morgan fingerprint density at radius 1 is 1.27 bits per heavy atom. The number of Topliss-reactive ketones (excluding diaryl/α,β-unsaturated/α-hetero) is 2. The average Bonchev–Trinajstić information content (AvgIpc) is 2.84. The third-order valence-electron chi connectivity index (χ3n) is 7.34. The molecule has 0 unspecified atom stereocenters. The third-order valence-corrected chi connectivity index (χ3v) is 7.34. The number of rotatable bonds is 1. The molecule has 0 aromatic heterocycles. The van der Waals surface area contributed by atoms with Crippen LogP contribution in [-0.2, 0) is 9.59 Å². The molecule has 4 aliphatic rings. The van der Waals surface area contributed by atoms with E-state index in [-0.39, 0.29) is 17.4 Å². The van der Waals surface area contributed by atoms with Crippen molar-refractivity contribution in [3.63, 3.8) is 0 Å². The molecule has 1 N–H and O–H groups in total. The zero-order chi connectivity index (χ0) is 15.5. The van der Waals surface area contributed by atoms with Crippen LogP contribution in [0.3, 0.4) is 0 Å². The summed E-state index contributed by atoms with van der Waals surface area (Å²) in [5.41, 5.74) is 1.03. The van der Waals surface area contributed by atoms with Crippen LogP contribution in [0.5, 0.6) is 0 Å². The molecule has 3 fully saturated rings. The van der Waals surface area contributed by atoms with E-state index in [1.807, 2.05) is 0 Å². The molecule has 0 spiro atoms. The molecule has 120 valence electrons. The lowest BCUT2D eigenvalue weighted by atomic mass is 9.51. The van der Waals surface area contributed by atoms with Gasteiger partial charge >= 0.3 is 0 Å². The Hall–Kier alpha value is -0.960. The first-order valence-corrected chi connectivity index (χ1v) is 8.99. The number of carbonyl (C=O) groups is 2. The molecule has 4 rings (SSSR count). The largest absolute Gasteiger partial charge is 0.393 e. The minimum absolute atomic E-state index is 0.254. The molecule has 0 amide bonds. The van der Waals surface area contributed by atoms with E-state index in [0.29, 0.717) is 55.0 Å². The number of hydrogen-bond acceptors (Lipinski definition) is 3. The van der Waals surface area contributed by atoms with Crippen LogP contribution in [0.15, 0.2) is 11.6 Å². The molecule has 0 bridgehead atoms. The molecule has 6 atom stereocenters. The van der Waals surface area contributed by atoms with Crippen molar-refractivity contribution in [2.24, 2.45) is 29.1 Å². The summed E-state index contributed by atoms with van der Waals surface area (Å²) in [6.45, 7) is 2.12. The smallest absolute Gasteiger partial charge is 0.139 e. The lowest BCUT2D eigenvalue weighted by Gasteiger charge is -2.54. The van der Waals surface area contributed by atoms with Gasteiger partial charge in [0.1, 0.15) is 11.6 Å². The second-order valence-corrected chi connectivity index (χ2v) is 7.97. The van der Waals surface area contributed by atoms with E-state index >= 15 is 0 Å². The summed E-state index contributed by atoms with van der Waals surface area (Å²) in [4.78, 5) is 24.3. The van der Waals surface area contributed by atoms with E-state index < -0.39 is 0 Å². The summed E-state index contributed by atoms with van der Waals surface area (Å²) in [5, 5.41) is 10.9. The lowest BCUT2D eigenvalue weighted by Crippen LogP contribution is -2.53. The highest BCUT2D eigenvalue weighted by atomic mass is 16.3. The Labute approximate surface area is 132 Å². The maximum atomic E-state index is 12.5. The summed E-state index contributed by atoms with van der Waals surface area (Å²) in [6.07, 6.45) is 8.29.